The van der Waals surface area contributed by atoms with Gasteiger partial charge in [-0.05, 0) is 55.5 Å². The normalized spacial score (nSPS) is 11.9. The van der Waals surface area contributed by atoms with Crippen molar-refractivity contribution in [3.63, 3.8) is 0 Å². The van der Waals surface area contributed by atoms with Crippen LogP contribution in [0.25, 0.3) is 11.3 Å². The van der Waals surface area contributed by atoms with Crippen molar-refractivity contribution in [3.05, 3.63) is 71.4 Å². The maximum Gasteiger partial charge on any atom is 0.243 e. The molecule has 0 aliphatic carbocycles. The molecule has 2 aromatic carbocycles. The lowest BCUT2D eigenvalue weighted by molar-refractivity contribution is 0.402. The molecule has 0 saturated carbocycles. The first kappa shape index (κ1) is 18.2. The Balaban J connectivity index is 1.85. The molecule has 0 atom stereocenters. The zero-order valence-electron chi connectivity index (χ0n) is 14.1. The highest BCUT2D eigenvalue weighted by atomic mass is 32.2. The van der Waals surface area contributed by atoms with Crippen LogP contribution in [-0.4, -0.2) is 24.9 Å². The van der Waals surface area contributed by atoms with Gasteiger partial charge in [-0.3, -0.25) is 0 Å². The van der Waals surface area contributed by atoms with Crippen LogP contribution in [0.5, 0.6) is 0 Å². The molecular formula is C18H16F2N2O3S. The first-order valence-electron chi connectivity index (χ1n) is 7.72. The molecule has 8 heteroatoms. The summed E-state index contributed by atoms with van der Waals surface area (Å²) in [5.74, 6) is -0.424. The molecule has 0 N–H and O–H groups in total. The van der Waals surface area contributed by atoms with Crippen LogP contribution in [0, 0.1) is 18.6 Å². The SMILES string of the molecule is Cc1c(CN(C)S(=O)(=O)c2ccc(F)cc2)noc1-c1ccc(F)cc1. The first-order valence-corrected chi connectivity index (χ1v) is 9.16. The Labute approximate surface area is 149 Å². The van der Waals surface area contributed by atoms with Crippen LogP contribution in [0.3, 0.4) is 0 Å². The molecule has 0 radical (unpaired) electrons. The molecule has 136 valence electrons. The highest BCUT2D eigenvalue weighted by Gasteiger charge is 2.24. The molecule has 0 fully saturated rings. The highest BCUT2D eigenvalue weighted by Crippen LogP contribution is 2.27. The quantitative estimate of drug-likeness (QED) is 0.678. The van der Waals surface area contributed by atoms with Gasteiger partial charge in [0.2, 0.25) is 10.0 Å². The summed E-state index contributed by atoms with van der Waals surface area (Å²) in [7, 11) is -2.39. The van der Waals surface area contributed by atoms with E-state index in [4.69, 9.17) is 4.52 Å². The Bertz CT molecular complexity index is 1010. The van der Waals surface area contributed by atoms with Crippen molar-refractivity contribution in [2.45, 2.75) is 18.4 Å². The predicted octanol–water partition coefficient (Wildman–Crippen LogP) is 3.75. The van der Waals surface area contributed by atoms with Gasteiger partial charge in [-0.15, -0.1) is 0 Å². The molecule has 0 saturated heterocycles. The molecule has 1 aromatic heterocycles. The van der Waals surface area contributed by atoms with Gasteiger partial charge in [-0.1, -0.05) is 5.16 Å². The minimum atomic E-state index is -3.80. The van der Waals surface area contributed by atoms with Gasteiger partial charge >= 0.3 is 0 Å². The van der Waals surface area contributed by atoms with Crippen LogP contribution in [0.2, 0.25) is 0 Å². The summed E-state index contributed by atoms with van der Waals surface area (Å²) in [6.07, 6.45) is 0. The Hall–Kier alpha value is -2.58. The Morgan fingerprint density at radius 3 is 2.12 bits per heavy atom. The van der Waals surface area contributed by atoms with Crippen LogP contribution < -0.4 is 0 Å². The molecule has 3 aromatic rings. The van der Waals surface area contributed by atoms with Crippen molar-refractivity contribution < 1.29 is 21.7 Å². The van der Waals surface area contributed by atoms with Crippen LogP contribution >= 0.6 is 0 Å². The monoisotopic (exact) mass is 378 g/mol. The summed E-state index contributed by atoms with van der Waals surface area (Å²) in [5.41, 5.74) is 1.75. The maximum atomic E-state index is 13.1. The van der Waals surface area contributed by atoms with Gasteiger partial charge in [0.15, 0.2) is 5.76 Å². The molecular weight excluding hydrogens is 362 g/mol. The van der Waals surface area contributed by atoms with Gasteiger partial charge < -0.3 is 4.52 Å². The van der Waals surface area contributed by atoms with Crippen molar-refractivity contribution in [1.82, 2.24) is 9.46 Å². The van der Waals surface area contributed by atoms with Crippen LogP contribution in [0.15, 0.2) is 57.9 Å². The smallest absolute Gasteiger partial charge is 0.243 e. The van der Waals surface area contributed by atoms with E-state index in [1.165, 1.54) is 31.3 Å². The Morgan fingerprint density at radius 2 is 1.54 bits per heavy atom. The highest BCUT2D eigenvalue weighted by molar-refractivity contribution is 7.89. The van der Waals surface area contributed by atoms with Gasteiger partial charge in [-0.25, -0.2) is 17.2 Å². The van der Waals surface area contributed by atoms with Gasteiger partial charge in [0, 0.05) is 18.2 Å². The van der Waals surface area contributed by atoms with E-state index in [2.05, 4.69) is 5.16 Å². The molecule has 5 nitrogen and oxygen atoms in total. The van der Waals surface area contributed by atoms with E-state index in [9.17, 15) is 17.2 Å². The third kappa shape index (κ3) is 3.51. The van der Waals surface area contributed by atoms with Crippen LogP contribution in [0.4, 0.5) is 8.78 Å². The molecule has 0 amide bonds. The number of rotatable bonds is 5. The van der Waals surface area contributed by atoms with Gasteiger partial charge in [0.1, 0.15) is 17.3 Å². The van der Waals surface area contributed by atoms with Crippen LogP contribution in [0.1, 0.15) is 11.3 Å². The Kier molecular flexibility index (Phi) is 4.88. The van der Waals surface area contributed by atoms with E-state index in [-0.39, 0.29) is 17.3 Å². The summed E-state index contributed by atoms with van der Waals surface area (Å²) in [6.45, 7) is 1.74. The van der Waals surface area contributed by atoms with E-state index >= 15 is 0 Å². The fourth-order valence-electron chi connectivity index (χ4n) is 2.47. The zero-order chi connectivity index (χ0) is 18.9. The van der Waals surface area contributed by atoms with E-state index in [0.717, 1.165) is 16.4 Å². The molecule has 3 rings (SSSR count). The first-order chi connectivity index (χ1) is 12.3. The molecule has 0 aliphatic heterocycles. The third-order valence-corrected chi connectivity index (χ3v) is 5.84. The van der Waals surface area contributed by atoms with Crippen molar-refractivity contribution in [3.8, 4) is 11.3 Å². The second kappa shape index (κ2) is 6.97. The topological polar surface area (TPSA) is 63.4 Å². The Morgan fingerprint density at radius 1 is 1.00 bits per heavy atom. The number of hydrogen-bond donors (Lipinski definition) is 0. The zero-order valence-corrected chi connectivity index (χ0v) is 14.9. The van der Waals surface area contributed by atoms with E-state index in [1.807, 2.05) is 0 Å². The molecule has 26 heavy (non-hydrogen) atoms. The van der Waals surface area contributed by atoms with Crippen molar-refractivity contribution in [1.29, 1.82) is 0 Å². The summed E-state index contributed by atoms with van der Waals surface area (Å²) in [4.78, 5) is -0.0127. The number of hydrogen-bond acceptors (Lipinski definition) is 4. The fourth-order valence-corrected chi connectivity index (χ4v) is 3.60. The summed E-state index contributed by atoms with van der Waals surface area (Å²) >= 11 is 0. The van der Waals surface area contributed by atoms with Gasteiger partial charge in [0.25, 0.3) is 0 Å². The number of halogens is 2. The van der Waals surface area contributed by atoms with Crippen molar-refractivity contribution in [2.24, 2.45) is 0 Å². The fraction of sp³-hybridized carbons (Fsp3) is 0.167. The average Bonchev–Trinajstić information content (AvgIpc) is 2.97. The van der Waals surface area contributed by atoms with E-state index < -0.39 is 15.8 Å². The van der Waals surface area contributed by atoms with Gasteiger partial charge in [-0.2, -0.15) is 4.31 Å². The maximum absolute atomic E-state index is 13.1. The molecule has 0 unspecified atom stereocenters. The minimum absolute atomic E-state index is 0.0127. The predicted molar refractivity (Wildman–Crippen MR) is 91.7 cm³/mol. The number of sulfonamides is 1. The molecule has 1 heterocycles. The van der Waals surface area contributed by atoms with Crippen molar-refractivity contribution in [2.75, 3.05) is 7.05 Å². The van der Waals surface area contributed by atoms with Crippen molar-refractivity contribution >= 4 is 10.0 Å². The van der Waals surface area contributed by atoms with Gasteiger partial charge in [0.05, 0.1) is 11.4 Å². The average molecular weight is 378 g/mol. The minimum Gasteiger partial charge on any atom is -0.356 e. The summed E-state index contributed by atoms with van der Waals surface area (Å²) in [5, 5.41) is 3.94. The second-order valence-corrected chi connectivity index (χ2v) is 7.85. The second-order valence-electron chi connectivity index (χ2n) is 5.81. The largest absolute Gasteiger partial charge is 0.356 e. The lowest BCUT2D eigenvalue weighted by Gasteiger charge is -2.16. The van der Waals surface area contributed by atoms with E-state index in [1.54, 1.807) is 19.1 Å². The molecule has 0 bridgehead atoms. The standard InChI is InChI=1S/C18H16F2N2O3S/c1-12-17(21-25-18(12)13-3-5-14(19)6-4-13)11-22(2)26(23,24)16-9-7-15(20)8-10-16/h3-10H,11H2,1-2H3. The third-order valence-electron chi connectivity index (χ3n) is 4.02. The summed E-state index contributed by atoms with van der Waals surface area (Å²) in [6, 6.07) is 10.3. The van der Waals surface area contributed by atoms with Crippen LogP contribution in [-0.2, 0) is 16.6 Å². The van der Waals surface area contributed by atoms with E-state index in [0.29, 0.717) is 22.6 Å². The number of aromatic nitrogens is 1. The number of nitrogens with zero attached hydrogens (tertiary/aromatic N) is 2. The lowest BCUT2D eigenvalue weighted by Crippen LogP contribution is -2.27. The molecule has 0 aliphatic rings. The lowest BCUT2D eigenvalue weighted by atomic mass is 10.1. The number of benzene rings is 2. The molecule has 0 spiro atoms. The summed E-state index contributed by atoms with van der Waals surface area (Å²) < 4.78 is 57.6.